The maximum Gasteiger partial charge on any atom is 0.274 e. The van der Waals surface area contributed by atoms with Crippen LogP contribution in [0.3, 0.4) is 0 Å². The molecule has 14 heavy (non-hydrogen) atoms. The first-order valence-corrected chi connectivity index (χ1v) is 4.35. The number of halogens is 1. The molecule has 1 aliphatic heterocycles. The molecule has 5 heteroatoms. The molecule has 1 N–H and O–H groups in total. The minimum absolute atomic E-state index is 0.0106. The number of nitro groups is 1. The van der Waals surface area contributed by atoms with Crippen LogP contribution < -0.4 is 5.32 Å². The van der Waals surface area contributed by atoms with Gasteiger partial charge in [-0.15, -0.1) is 0 Å². The van der Waals surface area contributed by atoms with E-state index < -0.39 is 10.7 Å². The Morgan fingerprint density at radius 2 is 2.29 bits per heavy atom. The fraction of sp³-hybridized carbons (Fsp3) is 0.333. The maximum atomic E-state index is 12.9. The predicted octanol–water partition coefficient (Wildman–Crippen LogP) is 1.77. The summed E-state index contributed by atoms with van der Waals surface area (Å²) < 4.78 is 12.9. The molecule has 0 aliphatic carbocycles. The normalized spacial score (nSPS) is 20.2. The molecule has 1 fully saturated rings. The highest BCUT2D eigenvalue weighted by Crippen LogP contribution is 2.31. The molecule has 0 aromatic heterocycles. The van der Waals surface area contributed by atoms with Crippen molar-refractivity contribution in [1.29, 1.82) is 0 Å². The molecule has 0 amide bonds. The third-order valence-corrected chi connectivity index (χ3v) is 2.39. The van der Waals surface area contributed by atoms with Crippen molar-refractivity contribution in [2.24, 2.45) is 0 Å². The molecule has 2 rings (SSSR count). The van der Waals surface area contributed by atoms with Crippen molar-refractivity contribution in [1.82, 2.24) is 5.32 Å². The molecule has 0 saturated carbocycles. The summed E-state index contributed by atoms with van der Waals surface area (Å²) in [5.41, 5.74) is 0.435. The molecule has 1 aromatic rings. The van der Waals surface area contributed by atoms with Gasteiger partial charge in [-0.2, -0.15) is 0 Å². The Kier molecular flexibility index (Phi) is 2.17. The van der Waals surface area contributed by atoms with Crippen LogP contribution in [0.4, 0.5) is 10.1 Å². The molecule has 0 spiro atoms. The minimum atomic E-state index is -0.477. The Morgan fingerprint density at radius 3 is 2.79 bits per heavy atom. The zero-order valence-electron chi connectivity index (χ0n) is 7.37. The molecular formula is C9H9FN2O2. The molecule has 1 aromatic carbocycles. The van der Waals surface area contributed by atoms with E-state index in [-0.39, 0.29) is 11.7 Å². The average Bonchev–Trinajstić information content (AvgIpc) is 2.00. The fourth-order valence-electron chi connectivity index (χ4n) is 1.52. The summed E-state index contributed by atoms with van der Waals surface area (Å²) in [6.07, 6.45) is 0.824. The molecule has 1 aliphatic rings. The van der Waals surface area contributed by atoms with Gasteiger partial charge in [0.15, 0.2) is 0 Å². The van der Waals surface area contributed by atoms with E-state index in [1.807, 2.05) is 0 Å². The first kappa shape index (κ1) is 9.08. The molecule has 0 bridgehead atoms. The van der Waals surface area contributed by atoms with E-state index in [1.54, 1.807) is 0 Å². The second kappa shape index (κ2) is 3.34. The zero-order chi connectivity index (χ0) is 10.1. The molecule has 1 heterocycles. The van der Waals surface area contributed by atoms with Crippen molar-refractivity contribution in [3.63, 3.8) is 0 Å². The zero-order valence-corrected chi connectivity index (χ0v) is 7.37. The quantitative estimate of drug-likeness (QED) is 0.579. The summed E-state index contributed by atoms with van der Waals surface area (Å²) in [4.78, 5) is 10.2. The molecule has 0 unspecified atom stereocenters. The highest BCUT2D eigenvalue weighted by Gasteiger charge is 2.26. The Bertz CT molecular complexity index is 377. The number of rotatable bonds is 2. The predicted molar refractivity (Wildman–Crippen MR) is 48.4 cm³/mol. The first-order chi connectivity index (χ1) is 6.68. The van der Waals surface area contributed by atoms with E-state index in [2.05, 4.69) is 5.32 Å². The first-order valence-electron chi connectivity index (χ1n) is 4.35. The van der Waals surface area contributed by atoms with Gasteiger partial charge in [-0.05, 0) is 25.1 Å². The van der Waals surface area contributed by atoms with Crippen LogP contribution in [-0.2, 0) is 0 Å². The lowest BCUT2D eigenvalue weighted by Crippen LogP contribution is -2.35. The van der Waals surface area contributed by atoms with Gasteiger partial charge >= 0.3 is 0 Å². The van der Waals surface area contributed by atoms with Gasteiger partial charge in [-0.3, -0.25) is 10.1 Å². The Hall–Kier alpha value is -1.49. The molecule has 4 nitrogen and oxygen atoms in total. The van der Waals surface area contributed by atoms with Gasteiger partial charge in [0.05, 0.1) is 4.92 Å². The van der Waals surface area contributed by atoms with Gasteiger partial charge in [0, 0.05) is 17.7 Å². The van der Waals surface area contributed by atoms with Gasteiger partial charge < -0.3 is 5.32 Å². The summed E-state index contributed by atoms with van der Waals surface area (Å²) in [5, 5.41) is 13.6. The van der Waals surface area contributed by atoms with E-state index in [0.717, 1.165) is 19.0 Å². The van der Waals surface area contributed by atoms with Crippen molar-refractivity contribution in [2.75, 3.05) is 6.54 Å². The lowest BCUT2D eigenvalue weighted by Gasteiger charge is -2.27. The number of nitrogens with one attached hydrogen (secondary N) is 1. The summed E-state index contributed by atoms with van der Waals surface area (Å²) in [5.74, 6) is -0.431. The van der Waals surface area contributed by atoms with Gasteiger partial charge in [0.1, 0.15) is 5.82 Å². The number of hydrogen-bond acceptors (Lipinski definition) is 3. The van der Waals surface area contributed by atoms with Crippen LogP contribution in [0.15, 0.2) is 18.2 Å². The highest BCUT2D eigenvalue weighted by atomic mass is 19.1. The third kappa shape index (κ3) is 1.46. The third-order valence-electron chi connectivity index (χ3n) is 2.39. The smallest absolute Gasteiger partial charge is 0.274 e. The van der Waals surface area contributed by atoms with Crippen molar-refractivity contribution in [3.8, 4) is 0 Å². The number of benzene rings is 1. The minimum Gasteiger partial charge on any atom is -0.310 e. The largest absolute Gasteiger partial charge is 0.310 e. The SMILES string of the molecule is O=[N+]([O-])c1ccc(F)cc1[C@@H]1CCN1. The van der Waals surface area contributed by atoms with E-state index in [4.69, 9.17) is 0 Å². The average molecular weight is 196 g/mol. The number of nitrogens with zero attached hydrogens (tertiary/aromatic N) is 1. The number of hydrogen-bond donors (Lipinski definition) is 1. The second-order valence-corrected chi connectivity index (χ2v) is 3.26. The van der Waals surface area contributed by atoms with Crippen LogP contribution in [0.2, 0.25) is 0 Å². The standard InChI is InChI=1S/C9H9FN2O2/c10-6-1-2-9(12(13)14)7(5-6)8-3-4-11-8/h1-2,5,8,11H,3-4H2/t8-/m0/s1. The lowest BCUT2D eigenvalue weighted by atomic mass is 9.96. The fourth-order valence-corrected chi connectivity index (χ4v) is 1.52. The second-order valence-electron chi connectivity index (χ2n) is 3.26. The monoisotopic (exact) mass is 196 g/mol. The van der Waals surface area contributed by atoms with Gasteiger partial charge in [0.2, 0.25) is 0 Å². The number of nitro benzene ring substituents is 1. The van der Waals surface area contributed by atoms with Gasteiger partial charge in [0.25, 0.3) is 5.69 Å². The van der Waals surface area contributed by atoms with E-state index >= 15 is 0 Å². The lowest BCUT2D eigenvalue weighted by molar-refractivity contribution is -0.386. The Morgan fingerprint density at radius 1 is 1.57 bits per heavy atom. The van der Waals surface area contributed by atoms with Gasteiger partial charge in [-0.25, -0.2) is 4.39 Å². The molecular weight excluding hydrogens is 187 g/mol. The maximum absolute atomic E-state index is 12.9. The van der Waals surface area contributed by atoms with E-state index in [1.165, 1.54) is 12.1 Å². The topological polar surface area (TPSA) is 55.2 Å². The van der Waals surface area contributed by atoms with Crippen LogP contribution in [0.1, 0.15) is 18.0 Å². The van der Waals surface area contributed by atoms with Gasteiger partial charge in [-0.1, -0.05) is 0 Å². The van der Waals surface area contributed by atoms with Crippen molar-refractivity contribution < 1.29 is 9.31 Å². The Labute approximate surface area is 79.9 Å². The highest BCUT2D eigenvalue weighted by molar-refractivity contribution is 5.43. The van der Waals surface area contributed by atoms with Crippen LogP contribution in [0.5, 0.6) is 0 Å². The van der Waals surface area contributed by atoms with Crippen molar-refractivity contribution in [2.45, 2.75) is 12.5 Å². The van der Waals surface area contributed by atoms with Crippen molar-refractivity contribution in [3.05, 3.63) is 39.7 Å². The van der Waals surface area contributed by atoms with E-state index in [9.17, 15) is 14.5 Å². The summed E-state index contributed by atoms with van der Waals surface area (Å²) in [6.45, 7) is 0.832. The van der Waals surface area contributed by atoms with E-state index in [0.29, 0.717) is 5.56 Å². The van der Waals surface area contributed by atoms with Crippen LogP contribution in [0, 0.1) is 15.9 Å². The van der Waals surface area contributed by atoms with Crippen LogP contribution >= 0.6 is 0 Å². The summed E-state index contributed by atoms with van der Waals surface area (Å²) in [7, 11) is 0. The van der Waals surface area contributed by atoms with Crippen LogP contribution in [0.25, 0.3) is 0 Å². The molecule has 74 valence electrons. The van der Waals surface area contributed by atoms with Crippen LogP contribution in [-0.4, -0.2) is 11.5 Å². The molecule has 0 radical (unpaired) electrons. The summed E-state index contributed by atoms with van der Waals surface area (Å²) >= 11 is 0. The van der Waals surface area contributed by atoms with Crippen molar-refractivity contribution >= 4 is 5.69 Å². The molecule has 1 saturated heterocycles. The summed E-state index contributed by atoms with van der Waals surface area (Å²) in [6, 6.07) is 3.49. The molecule has 1 atom stereocenters. The Balaban J connectivity index is 2.42.